The molecule has 0 spiro atoms. The molecule has 0 saturated carbocycles. The number of hydrogen-bond donors (Lipinski definition) is 0. The SMILES string of the molecule is CC(C)CN(C)Cc1ccc(C=O)o1. The Bertz CT molecular complexity index is 291. The topological polar surface area (TPSA) is 33.5 Å². The summed E-state index contributed by atoms with van der Waals surface area (Å²) in [5.74, 6) is 1.88. The molecule has 14 heavy (non-hydrogen) atoms. The molecule has 0 radical (unpaired) electrons. The predicted molar refractivity (Wildman–Crippen MR) is 55.3 cm³/mol. The summed E-state index contributed by atoms with van der Waals surface area (Å²) in [6, 6.07) is 3.55. The molecule has 0 atom stereocenters. The van der Waals surface area contributed by atoms with Crippen LogP contribution in [0.3, 0.4) is 0 Å². The lowest BCUT2D eigenvalue weighted by molar-refractivity contribution is 0.109. The van der Waals surface area contributed by atoms with E-state index in [4.69, 9.17) is 4.42 Å². The number of hydrogen-bond acceptors (Lipinski definition) is 3. The minimum Gasteiger partial charge on any atom is -0.457 e. The zero-order valence-corrected chi connectivity index (χ0v) is 8.99. The molecule has 0 saturated heterocycles. The minimum absolute atomic E-state index is 0.401. The van der Waals surface area contributed by atoms with E-state index in [1.807, 2.05) is 13.1 Å². The Morgan fingerprint density at radius 1 is 1.50 bits per heavy atom. The zero-order chi connectivity index (χ0) is 10.6. The molecule has 0 aliphatic heterocycles. The van der Waals surface area contributed by atoms with Crippen LogP contribution in [0.25, 0.3) is 0 Å². The Morgan fingerprint density at radius 3 is 2.71 bits per heavy atom. The van der Waals surface area contributed by atoms with Gasteiger partial charge in [-0.15, -0.1) is 0 Å². The molecular formula is C11H17NO2. The summed E-state index contributed by atoms with van der Waals surface area (Å²) in [6.07, 6.45) is 0.728. The van der Waals surface area contributed by atoms with E-state index in [9.17, 15) is 4.79 Å². The second kappa shape index (κ2) is 4.96. The van der Waals surface area contributed by atoms with Crippen LogP contribution in [0.5, 0.6) is 0 Å². The molecule has 0 N–H and O–H groups in total. The molecule has 1 heterocycles. The normalized spacial score (nSPS) is 11.2. The zero-order valence-electron chi connectivity index (χ0n) is 8.99. The second-order valence-electron chi connectivity index (χ2n) is 4.01. The number of aldehydes is 1. The highest BCUT2D eigenvalue weighted by molar-refractivity contribution is 5.70. The van der Waals surface area contributed by atoms with Crippen LogP contribution < -0.4 is 0 Å². The van der Waals surface area contributed by atoms with Gasteiger partial charge in [0.25, 0.3) is 0 Å². The average molecular weight is 195 g/mol. The van der Waals surface area contributed by atoms with Crippen molar-refractivity contribution in [3.05, 3.63) is 23.7 Å². The molecular weight excluding hydrogens is 178 g/mol. The minimum atomic E-state index is 0.401. The van der Waals surface area contributed by atoms with Crippen LogP contribution in [-0.4, -0.2) is 24.8 Å². The molecule has 0 aliphatic rings. The molecule has 78 valence electrons. The van der Waals surface area contributed by atoms with E-state index in [1.54, 1.807) is 6.07 Å². The summed E-state index contributed by atoms with van der Waals surface area (Å²) in [4.78, 5) is 12.6. The molecule has 0 aromatic carbocycles. The van der Waals surface area contributed by atoms with E-state index < -0.39 is 0 Å². The second-order valence-corrected chi connectivity index (χ2v) is 4.01. The summed E-state index contributed by atoms with van der Waals surface area (Å²) in [5.41, 5.74) is 0. The smallest absolute Gasteiger partial charge is 0.185 e. The van der Waals surface area contributed by atoms with Crippen molar-refractivity contribution >= 4 is 6.29 Å². The Hall–Kier alpha value is -1.09. The highest BCUT2D eigenvalue weighted by Crippen LogP contribution is 2.09. The summed E-state index contributed by atoms with van der Waals surface area (Å²) in [5, 5.41) is 0. The van der Waals surface area contributed by atoms with Gasteiger partial charge in [0.15, 0.2) is 12.0 Å². The maximum Gasteiger partial charge on any atom is 0.185 e. The lowest BCUT2D eigenvalue weighted by Gasteiger charge is -2.17. The molecule has 0 fully saturated rings. The standard InChI is InChI=1S/C11H17NO2/c1-9(2)6-12(3)7-10-4-5-11(8-13)14-10/h4-5,8-9H,6-7H2,1-3H3. The van der Waals surface area contributed by atoms with E-state index in [-0.39, 0.29) is 0 Å². The summed E-state index contributed by atoms with van der Waals surface area (Å²) < 4.78 is 5.28. The van der Waals surface area contributed by atoms with Crippen LogP contribution in [0.15, 0.2) is 16.5 Å². The summed E-state index contributed by atoms with van der Waals surface area (Å²) >= 11 is 0. The van der Waals surface area contributed by atoms with Gasteiger partial charge in [-0.25, -0.2) is 0 Å². The highest BCUT2D eigenvalue weighted by atomic mass is 16.3. The van der Waals surface area contributed by atoms with Crippen LogP contribution in [-0.2, 0) is 6.54 Å². The Balaban J connectivity index is 2.47. The van der Waals surface area contributed by atoms with E-state index in [0.717, 1.165) is 25.1 Å². The van der Waals surface area contributed by atoms with Crippen LogP contribution >= 0.6 is 0 Å². The monoisotopic (exact) mass is 195 g/mol. The molecule has 1 aromatic rings. The third-order valence-electron chi connectivity index (χ3n) is 1.90. The lowest BCUT2D eigenvalue weighted by Crippen LogP contribution is -2.22. The molecule has 3 heteroatoms. The number of rotatable bonds is 5. The van der Waals surface area contributed by atoms with Gasteiger partial charge in [-0.2, -0.15) is 0 Å². The summed E-state index contributed by atoms with van der Waals surface area (Å²) in [7, 11) is 2.04. The first-order valence-electron chi connectivity index (χ1n) is 4.84. The summed E-state index contributed by atoms with van der Waals surface area (Å²) in [6.45, 7) is 6.13. The van der Waals surface area contributed by atoms with Crippen molar-refractivity contribution in [2.45, 2.75) is 20.4 Å². The molecule has 1 rings (SSSR count). The predicted octanol–water partition coefficient (Wildman–Crippen LogP) is 2.18. The van der Waals surface area contributed by atoms with Gasteiger partial charge in [0, 0.05) is 6.54 Å². The molecule has 0 aliphatic carbocycles. The largest absolute Gasteiger partial charge is 0.457 e. The van der Waals surface area contributed by atoms with Crippen LogP contribution in [0, 0.1) is 5.92 Å². The number of carbonyl (C=O) groups excluding carboxylic acids is 1. The van der Waals surface area contributed by atoms with Gasteiger partial charge < -0.3 is 4.42 Å². The van der Waals surface area contributed by atoms with Crippen molar-refractivity contribution in [3.63, 3.8) is 0 Å². The van der Waals surface area contributed by atoms with Gasteiger partial charge >= 0.3 is 0 Å². The van der Waals surface area contributed by atoms with E-state index in [0.29, 0.717) is 11.7 Å². The maximum atomic E-state index is 10.4. The van der Waals surface area contributed by atoms with Crippen molar-refractivity contribution in [2.75, 3.05) is 13.6 Å². The van der Waals surface area contributed by atoms with Gasteiger partial charge in [0.05, 0.1) is 6.54 Å². The first-order chi connectivity index (χ1) is 6.61. The van der Waals surface area contributed by atoms with Gasteiger partial charge in [0.1, 0.15) is 5.76 Å². The van der Waals surface area contributed by atoms with Crippen LogP contribution in [0.1, 0.15) is 30.2 Å². The van der Waals surface area contributed by atoms with E-state index in [2.05, 4.69) is 18.7 Å². The van der Waals surface area contributed by atoms with Crippen molar-refractivity contribution < 1.29 is 9.21 Å². The first kappa shape index (κ1) is 11.0. The van der Waals surface area contributed by atoms with Crippen molar-refractivity contribution in [2.24, 2.45) is 5.92 Å². The average Bonchev–Trinajstić information content (AvgIpc) is 2.50. The lowest BCUT2D eigenvalue weighted by atomic mass is 10.2. The van der Waals surface area contributed by atoms with Gasteiger partial charge in [-0.3, -0.25) is 9.69 Å². The van der Waals surface area contributed by atoms with Gasteiger partial charge in [-0.1, -0.05) is 13.8 Å². The molecule has 0 amide bonds. The Labute approximate surface area is 84.7 Å². The Kier molecular flexibility index (Phi) is 3.89. The molecule has 3 nitrogen and oxygen atoms in total. The third-order valence-corrected chi connectivity index (χ3v) is 1.90. The van der Waals surface area contributed by atoms with E-state index in [1.165, 1.54) is 0 Å². The van der Waals surface area contributed by atoms with E-state index >= 15 is 0 Å². The molecule has 1 aromatic heterocycles. The first-order valence-corrected chi connectivity index (χ1v) is 4.84. The van der Waals surface area contributed by atoms with Crippen LogP contribution in [0.4, 0.5) is 0 Å². The van der Waals surface area contributed by atoms with Crippen molar-refractivity contribution in [3.8, 4) is 0 Å². The fourth-order valence-electron chi connectivity index (χ4n) is 1.50. The third kappa shape index (κ3) is 3.34. The van der Waals surface area contributed by atoms with Gasteiger partial charge in [-0.05, 0) is 25.1 Å². The van der Waals surface area contributed by atoms with Gasteiger partial charge in [0.2, 0.25) is 0 Å². The molecule has 0 bridgehead atoms. The van der Waals surface area contributed by atoms with Crippen molar-refractivity contribution in [1.82, 2.24) is 4.90 Å². The number of nitrogens with zero attached hydrogens (tertiary/aromatic N) is 1. The van der Waals surface area contributed by atoms with Crippen molar-refractivity contribution in [1.29, 1.82) is 0 Å². The van der Waals surface area contributed by atoms with Crippen LogP contribution in [0.2, 0.25) is 0 Å². The maximum absolute atomic E-state index is 10.4. The fraction of sp³-hybridized carbons (Fsp3) is 0.545. The molecule has 0 unspecified atom stereocenters. The highest BCUT2D eigenvalue weighted by Gasteiger charge is 2.06. The number of furan rings is 1. The number of carbonyl (C=O) groups is 1. The quantitative estimate of drug-likeness (QED) is 0.675. The fourth-order valence-corrected chi connectivity index (χ4v) is 1.50. The Morgan fingerprint density at radius 2 is 2.21 bits per heavy atom.